The molecule has 19 heavy (non-hydrogen) atoms. The fraction of sp³-hybridized carbons (Fsp3) is 0.250. The number of rotatable bonds is 5. The van der Waals surface area contributed by atoms with E-state index < -0.39 is 0 Å². The maximum absolute atomic E-state index is 5.88. The van der Waals surface area contributed by atoms with E-state index >= 15 is 0 Å². The van der Waals surface area contributed by atoms with Crippen LogP contribution in [0.2, 0.25) is 0 Å². The fourth-order valence-electron chi connectivity index (χ4n) is 2.03. The van der Waals surface area contributed by atoms with Crippen molar-refractivity contribution in [1.29, 1.82) is 0 Å². The van der Waals surface area contributed by atoms with E-state index in [0.29, 0.717) is 11.4 Å². The monoisotopic (exact) mass is 256 g/mol. The molecule has 0 radical (unpaired) electrons. The highest BCUT2D eigenvalue weighted by atomic mass is 16.5. The molecule has 0 spiro atoms. The molecule has 0 bridgehead atoms. The molecule has 0 saturated heterocycles. The van der Waals surface area contributed by atoms with Crippen molar-refractivity contribution in [3.8, 4) is 11.5 Å². The van der Waals surface area contributed by atoms with Crippen LogP contribution in [-0.2, 0) is 0 Å². The maximum Gasteiger partial charge on any atom is 0.150 e. The number of benzene rings is 2. The minimum Gasteiger partial charge on any atom is -0.455 e. The molecule has 3 nitrogen and oxygen atoms in total. The molecule has 0 aliphatic rings. The Hall–Kier alpha value is -2.16. The van der Waals surface area contributed by atoms with E-state index in [-0.39, 0.29) is 0 Å². The second-order valence-corrected chi connectivity index (χ2v) is 4.31. The summed E-state index contributed by atoms with van der Waals surface area (Å²) in [6.07, 6.45) is 0. The Kier molecular flexibility index (Phi) is 4.29. The van der Waals surface area contributed by atoms with Gasteiger partial charge in [0.2, 0.25) is 0 Å². The van der Waals surface area contributed by atoms with Crippen molar-refractivity contribution in [3.63, 3.8) is 0 Å². The summed E-state index contributed by atoms with van der Waals surface area (Å²) < 4.78 is 5.84. The van der Waals surface area contributed by atoms with Crippen LogP contribution in [0.25, 0.3) is 0 Å². The van der Waals surface area contributed by atoms with E-state index in [0.717, 1.165) is 24.5 Å². The first kappa shape index (κ1) is 13.3. The molecular formula is C16H20N2O. The Morgan fingerprint density at radius 1 is 1.00 bits per heavy atom. The Balaban J connectivity index is 2.22. The van der Waals surface area contributed by atoms with Crippen molar-refractivity contribution in [2.75, 3.05) is 23.7 Å². The summed E-state index contributed by atoms with van der Waals surface area (Å²) >= 11 is 0. The summed E-state index contributed by atoms with van der Waals surface area (Å²) in [6.45, 7) is 6.25. The van der Waals surface area contributed by atoms with E-state index in [1.54, 1.807) is 0 Å². The number of anilines is 2. The van der Waals surface area contributed by atoms with Gasteiger partial charge >= 0.3 is 0 Å². The van der Waals surface area contributed by atoms with Gasteiger partial charge in [-0.3, -0.25) is 0 Å². The lowest BCUT2D eigenvalue weighted by molar-refractivity contribution is 0.485. The molecule has 2 N–H and O–H groups in total. The van der Waals surface area contributed by atoms with Gasteiger partial charge in [0.05, 0.1) is 5.69 Å². The van der Waals surface area contributed by atoms with Crippen LogP contribution in [0.3, 0.4) is 0 Å². The number of hydrogen-bond acceptors (Lipinski definition) is 3. The molecule has 0 amide bonds. The van der Waals surface area contributed by atoms with Crippen LogP contribution < -0.4 is 15.4 Å². The number of hydrogen-bond donors (Lipinski definition) is 1. The zero-order valence-corrected chi connectivity index (χ0v) is 11.5. The predicted octanol–water partition coefficient (Wildman–Crippen LogP) is 3.91. The zero-order chi connectivity index (χ0) is 13.7. The first-order chi connectivity index (χ1) is 9.24. The Labute approximate surface area is 114 Å². The molecule has 0 unspecified atom stereocenters. The maximum atomic E-state index is 5.88. The smallest absolute Gasteiger partial charge is 0.150 e. The third kappa shape index (κ3) is 3.19. The SMILES string of the molecule is CCN(CC)c1cccc(Oc2ccccc2N)c1. The number of nitrogens with two attached hydrogens (primary N) is 1. The summed E-state index contributed by atoms with van der Waals surface area (Å²) in [5.41, 5.74) is 7.70. The molecule has 0 aromatic heterocycles. The highest BCUT2D eigenvalue weighted by Gasteiger charge is 2.05. The van der Waals surface area contributed by atoms with E-state index in [9.17, 15) is 0 Å². The molecule has 0 heterocycles. The molecular weight excluding hydrogens is 236 g/mol. The molecule has 3 heteroatoms. The summed E-state index contributed by atoms with van der Waals surface area (Å²) in [7, 11) is 0. The van der Waals surface area contributed by atoms with Crippen LogP contribution >= 0.6 is 0 Å². The van der Waals surface area contributed by atoms with Gasteiger partial charge in [0, 0.05) is 24.8 Å². The van der Waals surface area contributed by atoms with Gasteiger partial charge in [-0.2, -0.15) is 0 Å². The van der Waals surface area contributed by atoms with Gasteiger partial charge in [-0.05, 0) is 38.1 Å². The fourth-order valence-corrected chi connectivity index (χ4v) is 2.03. The van der Waals surface area contributed by atoms with Crippen LogP contribution in [0.4, 0.5) is 11.4 Å². The summed E-state index contributed by atoms with van der Waals surface area (Å²) in [4.78, 5) is 2.28. The van der Waals surface area contributed by atoms with E-state index in [1.807, 2.05) is 42.5 Å². The third-order valence-electron chi connectivity index (χ3n) is 3.09. The summed E-state index contributed by atoms with van der Waals surface area (Å²) in [5, 5.41) is 0. The Morgan fingerprint density at radius 3 is 2.42 bits per heavy atom. The molecule has 0 aliphatic carbocycles. The van der Waals surface area contributed by atoms with Crippen LogP contribution in [-0.4, -0.2) is 13.1 Å². The number of nitrogen functional groups attached to an aromatic ring is 1. The quantitative estimate of drug-likeness (QED) is 0.824. The average Bonchev–Trinajstić information content (AvgIpc) is 2.43. The highest BCUT2D eigenvalue weighted by Crippen LogP contribution is 2.29. The average molecular weight is 256 g/mol. The van der Waals surface area contributed by atoms with Crippen molar-refractivity contribution >= 4 is 11.4 Å². The molecule has 2 aromatic carbocycles. The molecule has 0 atom stereocenters. The number of para-hydroxylation sites is 2. The van der Waals surface area contributed by atoms with Crippen molar-refractivity contribution in [1.82, 2.24) is 0 Å². The first-order valence-electron chi connectivity index (χ1n) is 6.62. The summed E-state index contributed by atoms with van der Waals surface area (Å²) in [5.74, 6) is 1.50. The van der Waals surface area contributed by atoms with Crippen LogP contribution in [0.1, 0.15) is 13.8 Å². The third-order valence-corrected chi connectivity index (χ3v) is 3.09. The van der Waals surface area contributed by atoms with Gasteiger partial charge in [-0.25, -0.2) is 0 Å². The molecule has 100 valence electrons. The number of ether oxygens (including phenoxy) is 1. The van der Waals surface area contributed by atoms with E-state index in [1.165, 1.54) is 0 Å². The lowest BCUT2D eigenvalue weighted by Gasteiger charge is -2.21. The van der Waals surface area contributed by atoms with Gasteiger partial charge in [0.15, 0.2) is 0 Å². The normalized spacial score (nSPS) is 10.2. The largest absolute Gasteiger partial charge is 0.455 e. The lowest BCUT2D eigenvalue weighted by Crippen LogP contribution is -2.21. The van der Waals surface area contributed by atoms with E-state index in [4.69, 9.17) is 10.5 Å². The van der Waals surface area contributed by atoms with Gasteiger partial charge < -0.3 is 15.4 Å². The Morgan fingerprint density at radius 2 is 1.74 bits per heavy atom. The van der Waals surface area contributed by atoms with Gasteiger partial charge in [-0.15, -0.1) is 0 Å². The molecule has 0 fully saturated rings. The first-order valence-corrected chi connectivity index (χ1v) is 6.62. The molecule has 2 rings (SSSR count). The van der Waals surface area contributed by atoms with E-state index in [2.05, 4.69) is 24.8 Å². The van der Waals surface area contributed by atoms with Crippen molar-refractivity contribution in [2.45, 2.75) is 13.8 Å². The lowest BCUT2D eigenvalue weighted by atomic mass is 10.2. The van der Waals surface area contributed by atoms with Crippen LogP contribution in [0, 0.1) is 0 Å². The van der Waals surface area contributed by atoms with Crippen molar-refractivity contribution < 1.29 is 4.74 Å². The van der Waals surface area contributed by atoms with Crippen molar-refractivity contribution in [2.24, 2.45) is 0 Å². The van der Waals surface area contributed by atoms with Gasteiger partial charge in [-0.1, -0.05) is 18.2 Å². The molecule has 2 aromatic rings. The zero-order valence-electron chi connectivity index (χ0n) is 11.5. The Bertz CT molecular complexity index is 536. The van der Waals surface area contributed by atoms with Gasteiger partial charge in [0.1, 0.15) is 11.5 Å². The highest BCUT2D eigenvalue weighted by molar-refractivity contribution is 5.56. The second-order valence-electron chi connectivity index (χ2n) is 4.31. The topological polar surface area (TPSA) is 38.5 Å². The second kappa shape index (κ2) is 6.14. The standard InChI is InChI=1S/C16H20N2O/c1-3-18(4-2)13-8-7-9-14(12-13)19-16-11-6-5-10-15(16)17/h5-12H,3-4,17H2,1-2H3. The molecule has 0 aliphatic heterocycles. The minimum absolute atomic E-state index is 0.649. The van der Waals surface area contributed by atoms with Crippen molar-refractivity contribution in [3.05, 3.63) is 48.5 Å². The predicted molar refractivity (Wildman–Crippen MR) is 80.9 cm³/mol. The van der Waals surface area contributed by atoms with Crippen LogP contribution in [0.5, 0.6) is 11.5 Å². The minimum atomic E-state index is 0.649. The summed E-state index contributed by atoms with van der Waals surface area (Å²) in [6, 6.07) is 15.6. The molecule has 0 saturated carbocycles. The van der Waals surface area contributed by atoms with Gasteiger partial charge in [0.25, 0.3) is 0 Å². The number of nitrogens with zero attached hydrogens (tertiary/aromatic N) is 1. The van der Waals surface area contributed by atoms with Crippen LogP contribution in [0.15, 0.2) is 48.5 Å².